The molecule has 0 aliphatic rings. The van der Waals surface area contributed by atoms with E-state index in [1.54, 1.807) is 0 Å². The summed E-state index contributed by atoms with van der Waals surface area (Å²) in [7, 11) is 0. The predicted octanol–water partition coefficient (Wildman–Crippen LogP) is -0.923. The van der Waals surface area contributed by atoms with Crippen molar-refractivity contribution in [3.63, 3.8) is 0 Å². The molecule has 0 saturated carbocycles. The molecule has 1 unspecified atom stereocenters. The molecular weight excluding hydrogens is 248 g/mol. The van der Waals surface area contributed by atoms with Crippen LogP contribution in [0.1, 0.15) is 19.8 Å². The van der Waals surface area contributed by atoms with Crippen LogP contribution in [-0.4, -0.2) is 51.3 Å². The van der Waals surface area contributed by atoms with Gasteiger partial charge in [0.1, 0.15) is 12.1 Å². The first-order valence-electron chi connectivity index (χ1n) is 4.98. The number of carbonyl (C=O) groups is 4. The Morgan fingerprint density at radius 2 is 1.56 bits per heavy atom. The normalized spacial score (nSPS) is 13.2. The fraction of sp³-hybridized carbons (Fsp3) is 0.556. The molecule has 2 amide bonds. The van der Waals surface area contributed by atoms with Gasteiger partial charge in [0, 0.05) is 6.42 Å². The molecule has 0 saturated heterocycles. The zero-order valence-electron chi connectivity index (χ0n) is 9.54. The SMILES string of the molecule is C[C@H](NC(=O)NC(CCC(=O)O)C(=O)O)C(=O)O. The van der Waals surface area contributed by atoms with E-state index >= 15 is 0 Å². The van der Waals surface area contributed by atoms with Gasteiger partial charge in [-0.05, 0) is 13.3 Å². The van der Waals surface area contributed by atoms with Crippen molar-refractivity contribution >= 4 is 23.9 Å². The third-order valence-electron chi connectivity index (χ3n) is 1.97. The molecule has 0 heterocycles. The van der Waals surface area contributed by atoms with Crippen molar-refractivity contribution in [1.29, 1.82) is 0 Å². The number of hydrogen-bond acceptors (Lipinski definition) is 4. The van der Waals surface area contributed by atoms with Crippen molar-refractivity contribution < 1.29 is 34.5 Å². The molecule has 9 nitrogen and oxygen atoms in total. The second kappa shape index (κ2) is 7.09. The molecule has 0 aromatic rings. The van der Waals surface area contributed by atoms with Gasteiger partial charge in [-0.15, -0.1) is 0 Å². The average Bonchev–Trinajstić information content (AvgIpc) is 2.23. The van der Waals surface area contributed by atoms with E-state index in [-0.39, 0.29) is 6.42 Å². The minimum absolute atomic E-state index is 0.292. The van der Waals surface area contributed by atoms with E-state index in [2.05, 4.69) is 0 Å². The smallest absolute Gasteiger partial charge is 0.326 e. The largest absolute Gasteiger partial charge is 0.481 e. The lowest BCUT2D eigenvalue weighted by Gasteiger charge is -2.15. The minimum atomic E-state index is -1.39. The predicted molar refractivity (Wildman–Crippen MR) is 57.1 cm³/mol. The van der Waals surface area contributed by atoms with Gasteiger partial charge >= 0.3 is 23.9 Å². The maximum atomic E-state index is 11.2. The highest BCUT2D eigenvalue weighted by Crippen LogP contribution is 1.98. The molecule has 0 spiro atoms. The third kappa shape index (κ3) is 6.30. The van der Waals surface area contributed by atoms with E-state index < -0.39 is 42.4 Å². The Balaban J connectivity index is 4.32. The van der Waals surface area contributed by atoms with E-state index in [1.165, 1.54) is 6.92 Å². The maximum absolute atomic E-state index is 11.2. The van der Waals surface area contributed by atoms with Crippen LogP contribution in [0.4, 0.5) is 4.79 Å². The van der Waals surface area contributed by atoms with Crippen LogP contribution in [0, 0.1) is 0 Å². The zero-order chi connectivity index (χ0) is 14.3. The Kier molecular flexibility index (Phi) is 6.18. The number of rotatable bonds is 7. The van der Waals surface area contributed by atoms with Crippen LogP contribution in [0.2, 0.25) is 0 Å². The summed E-state index contributed by atoms with van der Waals surface area (Å²) in [5.41, 5.74) is 0. The van der Waals surface area contributed by atoms with Gasteiger partial charge in [0.15, 0.2) is 0 Å². The van der Waals surface area contributed by atoms with Crippen LogP contribution in [0.3, 0.4) is 0 Å². The van der Waals surface area contributed by atoms with Gasteiger partial charge in [-0.1, -0.05) is 0 Å². The molecular formula is C9H14N2O7. The number of carboxylic acids is 3. The number of hydrogen-bond donors (Lipinski definition) is 5. The second-order valence-corrected chi connectivity index (χ2v) is 3.50. The van der Waals surface area contributed by atoms with Gasteiger partial charge in [-0.2, -0.15) is 0 Å². The Hall–Kier alpha value is -2.32. The summed E-state index contributed by atoms with van der Waals surface area (Å²) in [6.07, 6.45) is -0.717. The van der Waals surface area contributed by atoms with E-state index in [4.69, 9.17) is 15.3 Å². The number of nitrogens with one attached hydrogen (secondary N) is 2. The fourth-order valence-corrected chi connectivity index (χ4v) is 0.983. The summed E-state index contributed by atoms with van der Waals surface area (Å²) in [5.74, 6) is -3.86. The van der Waals surface area contributed by atoms with Crippen LogP contribution in [0.5, 0.6) is 0 Å². The minimum Gasteiger partial charge on any atom is -0.481 e. The lowest BCUT2D eigenvalue weighted by molar-refractivity contribution is -0.140. The molecule has 9 heteroatoms. The molecule has 0 aromatic heterocycles. The van der Waals surface area contributed by atoms with Gasteiger partial charge in [0.05, 0.1) is 0 Å². The maximum Gasteiger partial charge on any atom is 0.326 e. The van der Waals surface area contributed by atoms with Crippen molar-refractivity contribution in [2.24, 2.45) is 0 Å². The highest BCUT2D eigenvalue weighted by molar-refractivity contribution is 5.86. The summed E-state index contributed by atoms with van der Waals surface area (Å²) in [4.78, 5) is 42.6. The Labute approximate surface area is 102 Å². The highest BCUT2D eigenvalue weighted by atomic mass is 16.4. The first kappa shape index (κ1) is 15.7. The van der Waals surface area contributed by atoms with Crippen LogP contribution in [-0.2, 0) is 14.4 Å². The number of carbonyl (C=O) groups excluding carboxylic acids is 1. The topological polar surface area (TPSA) is 153 Å². The highest BCUT2D eigenvalue weighted by Gasteiger charge is 2.22. The van der Waals surface area contributed by atoms with Gasteiger partial charge in [0.25, 0.3) is 0 Å². The van der Waals surface area contributed by atoms with E-state index in [9.17, 15) is 19.2 Å². The number of carboxylic acid groups (broad SMARTS) is 3. The molecule has 18 heavy (non-hydrogen) atoms. The van der Waals surface area contributed by atoms with E-state index in [0.717, 1.165) is 0 Å². The molecule has 0 rings (SSSR count). The van der Waals surface area contributed by atoms with Crippen molar-refractivity contribution in [3.05, 3.63) is 0 Å². The summed E-state index contributed by atoms with van der Waals surface area (Å²) in [6, 6.07) is -3.55. The van der Waals surface area contributed by atoms with Gasteiger partial charge in [0.2, 0.25) is 0 Å². The number of amides is 2. The van der Waals surface area contributed by atoms with Crippen LogP contribution >= 0.6 is 0 Å². The van der Waals surface area contributed by atoms with Crippen molar-refractivity contribution in [2.75, 3.05) is 0 Å². The molecule has 0 aliphatic carbocycles. The summed E-state index contributed by atoms with van der Waals surface area (Å²) < 4.78 is 0. The second-order valence-electron chi connectivity index (χ2n) is 3.50. The van der Waals surface area contributed by atoms with Crippen molar-refractivity contribution in [1.82, 2.24) is 10.6 Å². The first-order valence-corrected chi connectivity index (χ1v) is 4.98. The van der Waals surface area contributed by atoms with Crippen LogP contribution in [0.25, 0.3) is 0 Å². The molecule has 0 aliphatic heterocycles. The summed E-state index contributed by atoms with van der Waals surface area (Å²) in [6.45, 7) is 1.20. The van der Waals surface area contributed by atoms with E-state index in [1.807, 2.05) is 10.6 Å². The molecule has 5 N–H and O–H groups in total. The third-order valence-corrected chi connectivity index (χ3v) is 1.97. The molecule has 102 valence electrons. The molecule has 0 bridgehead atoms. The summed E-state index contributed by atoms with van der Waals surface area (Å²) in [5, 5.41) is 29.6. The Bertz CT molecular complexity index is 355. The monoisotopic (exact) mass is 262 g/mol. The lowest BCUT2D eigenvalue weighted by atomic mass is 10.1. The summed E-state index contributed by atoms with van der Waals surface area (Å²) >= 11 is 0. The first-order chi connectivity index (χ1) is 8.23. The zero-order valence-corrected chi connectivity index (χ0v) is 9.54. The van der Waals surface area contributed by atoms with Crippen LogP contribution < -0.4 is 10.6 Å². The average molecular weight is 262 g/mol. The molecule has 0 fully saturated rings. The molecule has 0 radical (unpaired) electrons. The standard InChI is InChI=1S/C9H14N2O7/c1-4(7(14)15)10-9(18)11-5(8(16)17)2-3-6(12)13/h4-5H,2-3H2,1H3,(H,12,13)(H,14,15)(H,16,17)(H2,10,11,18)/t4-,5?/m0/s1. The van der Waals surface area contributed by atoms with Gasteiger partial charge in [-0.3, -0.25) is 9.59 Å². The molecule has 2 atom stereocenters. The number of aliphatic carboxylic acids is 3. The lowest BCUT2D eigenvalue weighted by Crippen LogP contribution is -2.50. The Morgan fingerprint density at radius 1 is 1.00 bits per heavy atom. The van der Waals surface area contributed by atoms with E-state index in [0.29, 0.717) is 0 Å². The van der Waals surface area contributed by atoms with Crippen LogP contribution in [0.15, 0.2) is 0 Å². The van der Waals surface area contributed by atoms with Crippen molar-refractivity contribution in [2.45, 2.75) is 31.8 Å². The van der Waals surface area contributed by atoms with Gasteiger partial charge < -0.3 is 26.0 Å². The fourth-order valence-electron chi connectivity index (χ4n) is 0.983. The van der Waals surface area contributed by atoms with Crippen molar-refractivity contribution in [3.8, 4) is 0 Å². The molecule has 0 aromatic carbocycles. The van der Waals surface area contributed by atoms with Gasteiger partial charge in [-0.25, -0.2) is 9.59 Å². The Morgan fingerprint density at radius 3 is 1.94 bits per heavy atom. The quantitative estimate of drug-likeness (QED) is 0.397. The number of urea groups is 1.